The number of esters is 3. The van der Waals surface area contributed by atoms with Gasteiger partial charge in [-0.05, 0) is 135 Å². The van der Waals surface area contributed by atoms with Gasteiger partial charge in [0.05, 0.1) is 26.4 Å². The second-order valence-corrected chi connectivity index (χ2v) is 29.4. The van der Waals surface area contributed by atoms with Gasteiger partial charge in [-0.15, -0.1) is 0 Å². The number of carbonyl (C=O) groups excluding carboxylic acids is 3. The predicted molar refractivity (Wildman–Crippen MR) is 417 cm³/mol. The number of phosphoric acid groups is 2. The van der Waals surface area contributed by atoms with E-state index in [1.807, 2.05) is 0 Å². The summed E-state index contributed by atoms with van der Waals surface area (Å²) in [6.45, 7) is 2.52. The topological polar surface area (TPSA) is 231 Å². The maximum atomic E-state index is 12.9. The van der Waals surface area contributed by atoms with Crippen LogP contribution in [0.2, 0.25) is 0 Å². The molecule has 0 aromatic heterocycles. The second-order valence-electron chi connectivity index (χ2n) is 26.5. The lowest BCUT2D eigenvalue weighted by atomic mass is 10.0. The van der Waals surface area contributed by atoms with Crippen LogP contribution in [0.4, 0.5) is 0 Å². The molecule has 4 N–H and O–H groups in total. The van der Waals surface area contributed by atoms with Crippen LogP contribution in [0.1, 0.15) is 329 Å². The molecule has 0 fully saturated rings. The van der Waals surface area contributed by atoms with Crippen molar-refractivity contribution < 1.29 is 75.8 Å². The summed E-state index contributed by atoms with van der Waals surface area (Å²) in [7, 11) is -9.79. The highest BCUT2D eigenvalue weighted by molar-refractivity contribution is 7.47. The number of carbonyl (C=O) groups is 3. The zero-order valence-corrected chi connectivity index (χ0v) is 65.3. The van der Waals surface area contributed by atoms with E-state index in [0.717, 1.165) is 161 Å². The normalized spacial score (nSPS) is 14.6. The van der Waals surface area contributed by atoms with Crippen LogP contribution in [0.5, 0.6) is 0 Å². The average Bonchev–Trinajstić information content (AvgIpc) is 0.939. The van der Waals surface area contributed by atoms with Crippen molar-refractivity contribution in [2.75, 3.05) is 39.6 Å². The first kappa shape index (κ1) is 97.0. The molecule has 0 aliphatic heterocycles. The summed E-state index contributed by atoms with van der Waals surface area (Å²) in [6, 6.07) is 0. The molecule has 101 heavy (non-hydrogen) atoms. The third-order valence-corrected chi connectivity index (χ3v) is 18.5. The van der Waals surface area contributed by atoms with Gasteiger partial charge in [0, 0.05) is 19.3 Å². The Balaban J connectivity index is 4.50. The zero-order chi connectivity index (χ0) is 73.7. The van der Waals surface area contributed by atoms with Crippen LogP contribution in [0.3, 0.4) is 0 Å². The molecule has 0 aliphatic rings. The summed E-state index contributed by atoms with van der Waals surface area (Å²) >= 11 is 0. The van der Waals surface area contributed by atoms with Gasteiger partial charge in [-0.3, -0.25) is 32.5 Å². The van der Waals surface area contributed by atoms with Gasteiger partial charge >= 0.3 is 33.6 Å². The number of phosphoric ester groups is 2. The predicted octanol–water partition coefficient (Wildman–Crippen LogP) is 23.3. The Morgan fingerprint density at radius 1 is 0.287 bits per heavy atom. The quantitative estimate of drug-likeness (QED) is 0.0146. The molecule has 5 atom stereocenters. The summed E-state index contributed by atoms with van der Waals surface area (Å²) in [4.78, 5) is 58.6. The minimum atomic E-state index is -4.93. The van der Waals surface area contributed by atoms with Gasteiger partial charge in [-0.1, -0.05) is 296 Å². The number of allylic oxidation sites excluding steroid dienone is 20. The van der Waals surface area contributed by atoms with E-state index in [9.17, 15) is 43.5 Å². The standard InChI is InChI=1S/C83H144O16P2/c1-4-7-10-13-16-19-22-25-27-29-31-33-35-36-37-38-39-40-42-44-45-47-49-52-54-57-60-63-66-69-81(86)93-72-78(84)73-95-100(89,90)96-74-79(85)75-97-101(91,92)98-77-80(99-83(88)71-68-65-62-59-56-51-24-21-18-15-12-9-6-3)76-94-82(87)70-67-64-61-58-55-53-50-48-46-43-41-34-32-30-28-26-23-20-17-14-11-8-5-2/h8,11,16-17,19-21,24-28,31-34,36-37,43,46,78-80,84-85H,4-7,9-10,12-15,18,22-23,29-30,35,38-42,44-45,47-77H2,1-3H3,(H,89,90)(H,91,92)/b11-8-,19-16-,20-17-,24-21-,27-25-,28-26-,33-31-,34-32-,37-36-,46-43-. The van der Waals surface area contributed by atoms with Gasteiger partial charge in [0.2, 0.25) is 0 Å². The van der Waals surface area contributed by atoms with Crippen molar-refractivity contribution in [3.63, 3.8) is 0 Å². The second kappa shape index (κ2) is 75.6. The Labute approximate surface area is 614 Å². The van der Waals surface area contributed by atoms with E-state index in [4.69, 9.17) is 32.3 Å². The van der Waals surface area contributed by atoms with E-state index in [1.165, 1.54) is 109 Å². The molecule has 0 heterocycles. The average molecular weight is 1460 g/mol. The first-order valence-corrected chi connectivity index (χ1v) is 42.8. The fourth-order valence-corrected chi connectivity index (χ4v) is 12.2. The zero-order valence-electron chi connectivity index (χ0n) is 63.5. The molecule has 582 valence electrons. The fourth-order valence-electron chi connectivity index (χ4n) is 10.6. The van der Waals surface area contributed by atoms with Crippen molar-refractivity contribution in [1.29, 1.82) is 0 Å². The van der Waals surface area contributed by atoms with Gasteiger partial charge in [0.1, 0.15) is 25.4 Å². The monoisotopic (exact) mass is 1460 g/mol. The van der Waals surface area contributed by atoms with Crippen LogP contribution in [-0.2, 0) is 55.8 Å². The molecule has 0 spiro atoms. The lowest BCUT2D eigenvalue weighted by Gasteiger charge is -2.21. The summed E-state index contributed by atoms with van der Waals surface area (Å²) in [5, 5.41) is 20.6. The highest BCUT2D eigenvalue weighted by atomic mass is 31.2. The van der Waals surface area contributed by atoms with Crippen LogP contribution >= 0.6 is 15.6 Å². The lowest BCUT2D eigenvalue weighted by Crippen LogP contribution is -2.30. The molecule has 0 aliphatic carbocycles. The summed E-state index contributed by atoms with van der Waals surface area (Å²) < 4.78 is 61.1. The molecule has 0 saturated heterocycles. The Morgan fingerprint density at radius 3 is 0.861 bits per heavy atom. The summed E-state index contributed by atoms with van der Waals surface area (Å²) in [5.74, 6) is -1.59. The first-order valence-electron chi connectivity index (χ1n) is 39.8. The third-order valence-electron chi connectivity index (χ3n) is 16.6. The molecule has 0 bridgehead atoms. The number of hydrogen-bond acceptors (Lipinski definition) is 14. The van der Waals surface area contributed by atoms with Crippen LogP contribution in [0.25, 0.3) is 0 Å². The largest absolute Gasteiger partial charge is 0.472 e. The molecule has 5 unspecified atom stereocenters. The van der Waals surface area contributed by atoms with Crippen molar-refractivity contribution in [2.24, 2.45) is 0 Å². The van der Waals surface area contributed by atoms with E-state index >= 15 is 0 Å². The number of aliphatic hydroxyl groups excluding tert-OH is 2. The van der Waals surface area contributed by atoms with Crippen LogP contribution < -0.4 is 0 Å². The van der Waals surface area contributed by atoms with Gasteiger partial charge < -0.3 is 34.2 Å². The SMILES string of the molecule is CC/C=C\C/C=C\C/C=C\C/C=C\C/C=C\CCCCCCCCCC(=O)OCC(COP(=O)(O)OCC(O)COP(=O)(O)OCC(O)COC(=O)CCCCCCCCCCCCCCC/C=C\C/C=C\C/C=C\C/C=C\CCCCC)OC(=O)CCCCCCC/C=C\CCCCCC. The Bertz CT molecular complexity index is 2320. The van der Waals surface area contributed by atoms with E-state index in [0.29, 0.717) is 19.3 Å². The Kier molecular flexibility index (Phi) is 72.6. The number of ether oxygens (including phenoxy) is 3. The molecule has 0 aromatic rings. The van der Waals surface area contributed by atoms with Gasteiger partial charge in [-0.25, -0.2) is 9.13 Å². The molecular weight excluding hydrogens is 1310 g/mol. The smallest absolute Gasteiger partial charge is 0.463 e. The van der Waals surface area contributed by atoms with Crippen molar-refractivity contribution in [1.82, 2.24) is 0 Å². The van der Waals surface area contributed by atoms with Crippen molar-refractivity contribution >= 4 is 33.6 Å². The van der Waals surface area contributed by atoms with Gasteiger partial charge in [0.15, 0.2) is 6.10 Å². The van der Waals surface area contributed by atoms with Gasteiger partial charge in [-0.2, -0.15) is 0 Å². The third kappa shape index (κ3) is 76.9. The highest BCUT2D eigenvalue weighted by Gasteiger charge is 2.29. The minimum Gasteiger partial charge on any atom is -0.463 e. The van der Waals surface area contributed by atoms with E-state index in [2.05, 4.69) is 142 Å². The molecule has 16 nitrogen and oxygen atoms in total. The van der Waals surface area contributed by atoms with Crippen molar-refractivity contribution in [3.8, 4) is 0 Å². The first-order chi connectivity index (χ1) is 49.2. The molecule has 0 rings (SSSR count). The molecule has 0 aromatic carbocycles. The van der Waals surface area contributed by atoms with E-state index in [-0.39, 0.29) is 19.3 Å². The maximum Gasteiger partial charge on any atom is 0.472 e. The Hall–Kier alpha value is -4.05. The van der Waals surface area contributed by atoms with Crippen molar-refractivity contribution in [3.05, 3.63) is 122 Å². The maximum absolute atomic E-state index is 12.9. The van der Waals surface area contributed by atoms with Gasteiger partial charge in [0.25, 0.3) is 0 Å². The Morgan fingerprint density at radius 2 is 0.525 bits per heavy atom. The number of aliphatic hydroxyl groups is 2. The number of rotatable bonds is 75. The molecule has 0 radical (unpaired) electrons. The van der Waals surface area contributed by atoms with Crippen LogP contribution in [0, 0.1) is 0 Å². The molecule has 0 amide bonds. The van der Waals surface area contributed by atoms with E-state index in [1.54, 1.807) is 0 Å². The number of hydrogen-bond donors (Lipinski definition) is 4. The molecule has 18 heteroatoms. The summed E-state index contributed by atoms with van der Waals surface area (Å²) in [6.07, 6.45) is 89.6. The van der Waals surface area contributed by atoms with Crippen molar-refractivity contribution in [2.45, 2.75) is 347 Å². The lowest BCUT2D eigenvalue weighted by molar-refractivity contribution is -0.161. The number of unbranched alkanes of at least 4 members (excludes halogenated alkanes) is 32. The van der Waals surface area contributed by atoms with Crippen LogP contribution in [-0.4, -0.2) is 95.9 Å². The molecular formula is C83H144O16P2. The van der Waals surface area contributed by atoms with E-state index < -0.39 is 91.5 Å². The minimum absolute atomic E-state index is 0.0903. The molecule has 0 saturated carbocycles. The highest BCUT2D eigenvalue weighted by Crippen LogP contribution is 2.45. The summed E-state index contributed by atoms with van der Waals surface area (Å²) in [5.41, 5.74) is 0. The van der Waals surface area contributed by atoms with Crippen LogP contribution in [0.15, 0.2) is 122 Å². The fraction of sp³-hybridized carbons (Fsp3) is 0.723.